The van der Waals surface area contributed by atoms with E-state index in [2.05, 4.69) is 20.3 Å². The molecule has 2 aliphatic heterocycles. The number of alkyl carbamates (subject to hydrolysis) is 1. The second-order valence-electron chi connectivity index (χ2n) is 16.8. The Morgan fingerprint density at radius 3 is 2.50 bits per heavy atom. The average Bonchev–Trinajstić information content (AvgIpc) is 4.07. The minimum atomic E-state index is -3.96. The summed E-state index contributed by atoms with van der Waals surface area (Å²) in [6.45, 7) is 8.87. The van der Waals surface area contributed by atoms with Crippen molar-refractivity contribution in [1.82, 2.24) is 25.2 Å². The minimum Gasteiger partial charge on any atom is -0.494 e. The minimum absolute atomic E-state index is 0.0334. The molecule has 2 saturated carbocycles. The first-order valence-corrected chi connectivity index (χ1v) is 21.7. The normalized spacial score (nSPS) is 28.9. The summed E-state index contributed by atoms with van der Waals surface area (Å²) in [6, 6.07) is 4.68. The first-order chi connectivity index (χ1) is 27.3. The molecule has 4 aliphatic rings. The molecule has 58 heavy (non-hydrogen) atoms. The number of carbonyl (C=O) groups is 4. The van der Waals surface area contributed by atoms with Crippen molar-refractivity contribution in [2.45, 2.75) is 133 Å². The molecular weight excluding hydrogens is 777 g/mol. The number of hydrogen-bond donors (Lipinski definition) is 3. The van der Waals surface area contributed by atoms with Crippen molar-refractivity contribution in [3.05, 3.63) is 42.6 Å². The average molecular weight is 832 g/mol. The van der Waals surface area contributed by atoms with Crippen LogP contribution in [0.15, 0.2) is 42.6 Å². The van der Waals surface area contributed by atoms with E-state index in [0.717, 1.165) is 19.2 Å². The number of nitrogens with one attached hydrogen (secondary N) is 3. The number of halogens is 2. The van der Waals surface area contributed by atoms with Crippen LogP contribution in [-0.2, 0) is 29.1 Å². The second kappa shape index (κ2) is 16.6. The van der Waals surface area contributed by atoms with Crippen LogP contribution in [0.25, 0.3) is 10.8 Å². The zero-order chi connectivity index (χ0) is 42.2. The zero-order valence-electron chi connectivity index (χ0n) is 33.9. The van der Waals surface area contributed by atoms with Crippen molar-refractivity contribution < 1.29 is 50.6 Å². The molecule has 1 aromatic carbocycles. The highest BCUT2D eigenvalue weighted by molar-refractivity contribution is 7.91. The summed E-state index contributed by atoms with van der Waals surface area (Å²) in [5, 5.41) is 6.20. The predicted molar refractivity (Wildman–Crippen MR) is 211 cm³/mol. The van der Waals surface area contributed by atoms with Crippen LogP contribution in [-0.4, -0.2) is 95.8 Å². The second-order valence-corrected chi connectivity index (χ2v) is 18.7. The van der Waals surface area contributed by atoms with E-state index in [1.807, 2.05) is 39.0 Å². The molecule has 3 fully saturated rings. The number of benzene rings is 1. The van der Waals surface area contributed by atoms with Crippen LogP contribution in [0.4, 0.5) is 13.6 Å². The van der Waals surface area contributed by atoms with E-state index in [0.29, 0.717) is 63.2 Å². The lowest BCUT2D eigenvalue weighted by Crippen LogP contribution is -2.59. The Hall–Kier alpha value is -4.54. The maximum Gasteiger partial charge on any atom is 0.408 e. The van der Waals surface area contributed by atoms with Gasteiger partial charge in [0.15, 0.2) is 5.60 Å². The van der Waals surface area contributed by atoms with Crippen LogP contribution >= 0.6 is 0 Å². The number of pyridine rings is 1. The lowest BCUT2D eigenvalue weighted by Gasteiger charge is -2.35. The van der Waals surface area contributed by atoms with E-state index in [1.54, 1.807) is 24.4 Å². The third-order valence-corrected chi connectivity index (χ3v) is 13.8. The molecular formula is C41H55F2N5O9S. The molecule has 4 amide bonds. The standard InChI is InChI=1S/C41H55F2N5O9S/c1-7-25-19-24(3)11-9-10-12-27-22-41(27,37(51)47-58(53,54)30-14-15-30)46-34(49)32-21-29(56-35-31-16-13-28(55-8-2)20-26(31)17-18-44-35)23-48(32)36(50)33(25)45-38(52)57-39(4,5)40(6,42)43/h10,12-13,16-18,20,24-25,27,29-30,32-33H,7-9,11,14-15,19,21-23H2,1-6H3,(H,45,52)(H,46,49)(H,47,51)/b12-10-/t24-,25-,27?,29-,32+,33+,41-/m1/s1. The number of nitrogens with zero attached hydrogens (tertiary/aromatic N) is 2. The number of sulfonamides is 1. The van der Waals surface area contributed by atoms with Gasteiger partial charge < -0.3 is 29.7 Å². The Kier molecular flexibility index (Phi) is 12.3. The van der Waals surface area contributed by atoms with Gasteiger partial charge in [-0.05, 0) is 101 Å². The Morgan fingerprint density at radius 1 is 1.09 bits per heavy atom. The molecule has 7 atom stereocenters. The van der Waals surface area contributed by atoms with Crippen molar-refractivity contribution in [3.63, 3.8) is 0 Å². The lowest BCUT2D eigenvalue weighted by molar-refractivity contribution is -0.152. The molecule has 1 saturated heterocycles. The number of rotatable bonds is 11. The Bertz CT molecular complexity index is 2040. The van der Waals surface area contributed by atoms with Gasteiger partial charge in [0.25, 0.3) is 11.8 Å². The summed E-state index contributed by atoms with van der Waals surface area (Å²) in [5.74, 6) is -5.70. The van der Waals surface area contributed by atoms with Gasteiger partial charge in [0.1, 0.15) is 29.5 Å². The van der Waals surface area contributed by atoms with E-state index >= 15 is 0 Å². The van der Waals surface area contributed by atoms with Crippen molar-refractivity contribution in [1.29, 1.82) is 0 Å². The molecule has 6 rings (SSSR count). The molecule has 0 spiro atoms. The highest BCUT2D eigenvalue weighted by atomic mass is 32.2. The van der Waals surface area contributed by atoms with E-state index in [1.165, 1.54) is 4.90 Å². The third-order valence-electron chi connectivity index (χ3n) is 11.9. The molecule has 1 unspecified atom stereocenters. The first kappa shape index (κ1) is 43.0. The Morgan fingerprint density at radius 2 is 1.83 bits per heavy atom. The summed E-state index contributed by atoms with van der Waals surface area (Å²) in [6.07, 6.45) is 6.39. The highest BCUT2D eigenvalue weighted by Crippen LogP contribution is 2.46. The topological polar surface area (TPSA) is 182 Å². The lowest BCUT2D eigenvalue weighted by atomic mass is 9.85. The number of alkyl halides is 2. The smallest absolute Gasteiger partial charge is 0.408 e. The van der Waals surface area contributed by atoms with Crippen molar-refractivity contribution in [2.75, 3.05) is 13.2 Å². The SMILES string of the molecule is CCOc1ccc2c(O[C@@H]3C[C@H]4C(=O)N[C@]5(C(=O)NS(=O)(=O)C6CC6)CC5/C=C\CC[C@@H](C)C[C@@H](CC)[C@H](NC(=O)OC(C)(C)C(C)(F)F)C(=O)N4C3)nccc2c1. The molecule has 318 valence electrons. The van der Waals surface area contributed by atoms with Crippen LogP contribution in [0.1, 0.15) is 92.9 Å². The van der Waals surface area contributed by atoms with Crippen molar-refractivity contribution in [3.8, 4) is 11.6 Å². The van der Waals surface area contributed by atoms with Gasteiger partial charge in [0, 0.05) is 30.8 Å². The molecule has 3 heterocycles. The fourth-order valence-electron chi connectivity index (χ4n) is 7.83. The zero-order valence-corrected chi connectivity index (χ0v) is 34.7. The van der Waals surface area contributed by atoms with Gasteiger partial charge in [-0.3, -0.25) is 19.1 Å². The van der Waals surface area contributed by atoms with Crippen LogP contribution in [0.3, 0.4) is 0 Å². The maximum absolute atomic E-state index is 14.9. The van der Waals surface area contributed by atoms with Crippen LogP contribution in [0, 0.1) is 17.8 Å². The largest absolute Gasteiger partial charge is 0.494 e. The summed E-state index contributed by atoms with van der Waals surface area (Å²) in [7, 11) is -3.96. The molecule has 1 aromatic heterocycles. The quantitative estimate of drug-likeness (QED) is 0.248. The van der Waals surface area contributed by atoms with Gasteiger partial charge in [0.2, 0.25) is 27.7 Å². The van der Waals surface area contributed by atoms with Crippen LogP contribution in [0.2, 0.25) is 0 Å². The maximum atomic E-state index is 14.9. The van der Waals surface area contributed by atoms with Gasteiger partial charge in [-0.1, -0.05) is 32.4 Å². The summed E-state index contributed by atoms with van der Waals surface area (Å²) >= 11 is 0. The number of allylic oxidation sites excluding steroid dienone is 1. The van der Waals surface area contributed by atoms with Gasteiger partial charge in [0.05, 0.1) is 18.4 Å². The number of amides is 4. The van der Waals surface area contributed by atoms with Crippen LogP contribution < -0.4 is 24.8 Å². The monoisotopic (exact) mass is 831 g/mol. The van der Waals surface area contributed by atoms with Gasteiger partial charge >= 0.3 is 6.09 Å². The third kappa shape index (κ3) is 9.34. The number of aromatic nitrogens is 1. The molecule has 3 N–H and O–H groups in total. The van der Waals surface area contributed by atoms with E-state index in [-0.39, 0.29) is 31.2 Å². The van der Waals surface area contributed by atoms with Gasteiger partial charge in [-0.2, -0.15) is 0 Å². The molecule has 2 aromatic rings. The molecule has 0 bridgehead atoms. The van der Waals surface area contributed by atoms with Crippen molar-refractivity contribution in [2.24, 2.45) is 17.8 Å². The van der Waals surface area contributed by atoms with E-state index in [9.17, 15) is 36.4 Å². The number of hydrogen-bond acceptors (Lipinski definition) is 10. The predicted octanol–water partition coefficient (Wildman–Crippen LogP) is 5.40. The number of fused-ring (bicyclic) bond motifs is 3. The Labute approximate surface area is 338 Å². The van der Waals surface area contributed by atoms with Crippen LogP contribution in [0.5, 0.6) is 11.6 Å². The highest BCUT2D eigenvalue weighted by Gasteiger charge is 2.62. The summed E-state index contributed by atoms with van der Waals surface area (Å²) < 4.78 is 74.2. The number of carbonyl (C=O) groups excluding carboxylic acids is 4. The van der Waals surface area contributed by atoms with Gasteiger partial charge in [-0.15, -0.1) is 0 Å². The molecule has 0 radical (unpaired) electrons. The van der Waals surface area contributed by atoms with Gasteiger partial charge in [-0.25, -0.2) is 27.0 Å². The molecule has 17 heteroatoms. The van der Waals surface area contributed by atoms with E-state index < -0.39 is 86.2 Å². The Balaban J connectivity index is 1.36. The molecule has 2 aliphatic carbocycles. The number of ether oxygens (including phenoxy) is 3. The summed E-state index contributed by atoms with van der Waals surface area (Å²) in [4.78, 5) is 62.4. The first-order valence-electron chi connectivity index (χ1n) is 20.2. The summed E-state index contributed by atoms with van der Waals surface area (Å²) in [5.41, 5.74) is -3.80. The van der Waals surface area contributed by atoms with E-state index in [4.69, 9.17) is 14.2 Å². The van der Waals surface area contributed by atoms with Crippen molar-refractivity contribution >= 4 is 44.6 Å². The fourth-order valence-corrected chi connectivity index (χ4v) is 9.19. The fraction of sp³-hybridized carbons (Fsp3) is 0.634. The molecule has 14 nitrogen and oxygen atoms in total.